The average molecular weight is 214 g/mol. The van der Waals surface area contributed by atoms with Gasteiger partial charge in [0.1, 0.15) is 0 Å². The van der Waals surface area contributed by atoms with Gasteiger partial charge in [-0.25, -0.2) is 0 Å². The van der Waals surface area contributed by atoms with E-state index in [0.29, 0.717) is 18.9 Å². The molecule has 0 aliphatic carbocycles. The monoisotopic (exact) mass is 214 g/mol. The summed E-state index contributed by atoms with van der Waals surface area (Å²) in [6, 6.07) is 0. The van der Waals surface area contributed by atoms with Crippen LogP contribution in [0.25, 0.3) is 0 Å². The molecule has 0 bridgehead atoms. The first-order valence-corrected chi connectivity index (χ1v) is 5.62. The molecule has 1 saturated heterocycles. The largest absolute Gasteiger partial charge is 0.396 e. The third-order valence-electron chi connectivity index (χ3n) is 2.83. The molecule has 1 unspecified atom stereocenters. The van der Waals surface area contributed by atoms with Crippen molar-refractivity contribution in [1.82, 2.24) is 10.6 Å². The Morgan fingerprint density at radius 3 is 2.87 bits per heavy atom. The zero-order valence-electron chi connectivity index (χ0n) is 9.68. The molecule has 0 aromatic heterocycles. The Kier molecular flexibility index (Phi) is 4.54. The van der Waals surface area contributed by atoms with E-state index in [1.807, 2.05) is 13.8 Å². The van der Waals surface area contributed by atoms with Crippen LogP contribution in [0.5, 0.6) is 0 Å². The maximum atomic E-state index is 11.5. The summed E-state index contributed by atoms with van der Waals surface area (Å²) in [5.41, 5.74) is -0.219. The lowest BCUT2D eigenvalue weighted by Crippen LogP contribution is -2.36. The Hall–Kier alpha value is -0.610. The van der Waals surface area contributed by atoms with Crippen molar-refractivity contribution in [2.75, 3.05) is 26.2 Å². The highest BCUT2D eigenvalue weighted by Crippen LogP contribution is 2.14. The summed E-state index contributed by atoms with van der Waals surface area (Å²) in [7, 11) is 0. The second-order valence-corrected chi connectivity index (χ2v) is 5.16. The van der Waals surface area contributed by atoms with Gasteiger partial charge in [0.2, 0.25) is 5.91 Å². The first-order chi connectivity index (χ1) is 7.03. The highest BCUT2D eigenvalue weighted by molar-refractivity contribution is 5.76. The molecule has 88 valence electrons. The molecule has 0 aromatic carbocycles. The Morgan fingerprint density at radius 1 is 1.60 bits per heavy atom. The van der Waals surface area contributed by atoms with Gasteiger partial charge in [-0.2, -0.15) is 0 Å². The van der Waals surface area contributed by atoms with Crippen LogP contribution in [0.15, 0.2) is 0 Å². The van der Waals surface area contributed by atoms with Gasteiger partial charge in [-0.15, -0.1) is 0 Å². The van der Waals surface area contributed by atoms with Crippen LogP contribution in [-0.4, -0.2) is 37.3 Å². The van der Waals surface area contributed by atoms with Gasteiger partial charge in [-0.1, -0.05) is 13.8 Å². The van der Waals surface area contributed by atoms with Crippen LogP contribution in [-0.2, 0) is 4.79 Å². The van der Waals surface area contributed by atoms with Gasteiger partial charge in [0.05, 0.1) is 0 Å². The van der Waals surface area contributed by atoms with Crippen LogP contribution in [0.1, 0.15) is 26.7 Å². The van der Waals surface area contributed by atoms with Crippen LogP contribution in [0.4, 0.5) is 0 Å². The van der Waals surface area contributed by atoms with Crippen molar-refractivity contribution in [3.05, 3.63) is 0 Å². The summed E-state index contributed by atoms with van der Waals surface area (Å²) < 4.78 is 0. The Morgan fingerprint density at radius 2 is 2.33 bits per heavy atom. The fourth-order valence-electron chi connectivity index (χ4n) is 1.62. The molecule has 0 spiro atoms. The topological polar surface area (TPSA) is 61.4 Å². The van der Waals surface area contributed by atoms with Gasteiger partial charge in [-0.05, 0) is 25.4 Å². The quantitative estimate of drug-likeness (QED) is 0.609. The Labute approximate surface area is 91.4 Å². The number of nitrogens with one attached hydrogen (secondary N) is 2. The van der Waals surface area contributed by atoms with E-state index in [2.05, 4.69) is 10.6 Å². The standard InChI is InChI=1S/C11H22N2O2/c1-11(2,8-14)7-13-10(15)5-9-3-4-12-6-9/h9,12,14H,3-8H2,1-2H3,(H,13,15). The lowest BCUT2D eigenvalue weighted by molar-refractivity contribution is -0.122. The summed E-state index contributed by atoms with van der Waals surface area (Å²) in [4.78, 5) is 11.5. The van der Waals surface area contributed by atoms with Crippen molar-refractivity contribution in [2.24, 2.45) is 11.3 Å². The molecule has 1 rings (SSSR count). The van der Waals surface area contributed by atoms with E-state index in [-0.39, 0.29) is 17.9 Å². The lowest BCUT2D eigenvalue weighted by Gasteiger charge is -2.22. The SMILES string of the molecule is CC(C)(CO)CNC(=O)CC1CCNC1. The van der Waals surface area contributed by atoms with Crippen molar-refractivity contribution in [3.63, 3.8) is 0 Å². The number of carbonyl (C=O) groups excluding carboxylic acids is 1. The molecule has 1 fully saturated rings. The number of hydrogen-bond acceptors (Lipinski definition) is 3. The average Bonchev–Trinajstić information content (AvgIpc) is 2.68. The maximum absolute atomic E-state index is 11.5. The summed E-state index contributed by atoms with van der Waals surface area (Å²) in [6.45, 7) is 6.49. The number of hydrogen-bond donors (Lipinski definition) is 3. The van der Waals surface area contributed by atoms with Crippen LogP contribution in [0, 0.1) is 11.3 Å². The molecule has 1 aliphatic rings. The van der Waals surface area contributed by atoms with Gasteiger partial charge in [-0.3, -0.25) is 4.79 Å². The summed E-state index contributed by atoms with van der Waals surface area (Å²) >= 11 is 0. The van der Waals surface area contributed by atoms with Crippen molar-refractivity contribution >= 4 is 5.91 Å². The van der Waals surface area contributed by atoms with E-state index in [1.54, 1.807) is 0 Å². The molecular formula is C11H22N2O2. The molecule has 1 amide bonds. The van der Waals surface area contributed by atoms with Gasteiger partial charge in [0, 0.05) is 25.0 Å². The highest BCUT2D eigenvalue weighted by Gasteiger charge is 2.20. The maximum Gasteiger partial charge on any atom is 0.220 e. The predicted octanol–water partition coefficient (Wildman–Crippen LogP) is 0.121. The van der Waals surface area contributed by atoms with E-state index >= 15 is 0 Å². The van der Waals surface area contributed by atoms with Gasteiger partial charge < -0.3 is 15.7 Å². The molecule has 0 radical (unpaired) electrons. The second kappa shape index (κ2) is 5.47. The fraction of sp³-hybridized carbons (Fsp3) is 0.909. The molecule has 3 N–H and O–H groups in total. The van der Waals surface area contributed by atoms with Crippen LogP contribution >= 0.6 is 0 Å². The van der Waals surface area contributed by atoms with E-state index in [4.69, 9.17) is 5.11 Å². The minimum absolute atomic E-state index is 0.0955. The van der Waals surface area contributed by atoms with Crippen molar-refractivity contribution in [3.8, 4) is 0 Å². The molecule has 0 saturated carbocycles. The number of rotatable bonds is 5. The lowest BCUT2D eigenvalue weighted by atomic mass is 9.94. The van der Waals surface area contributed by atoms with E-state index in [0.717, 1.165) is 19.5 Å². The molecular weight excluding hydrogens is 192 g/mol. The molecule has 0 aromatic rings. The summed E-state index contributed by atoms with van der Waals surface area (Å²) in [5.74, 6) is 0.590. The van der Waals surface area contributed by atoms with Crippen LogP contribution < -0.4 is 10.6 Å². The van der Waals surface area contributed by atoms with Gasteiger partial charge >= 0.3 is 0 Å². The first kappa shape index (κ1) is 12.5. The Balaban J connectivity index is 2.18. The molecule has 4 nitrogen and oxygen atoms in total. The van der Waals surface area contributed by atoms with E-state index < -0.39 is 0 Å². The number of aliphatic hydroxyl groups excluding tert-OH is 1. The number of amides is 1. The summed E-state index contributed by atoms with van der Waals surface area (Å²) in [6.07, 6.45) is 1.70. The molecule has 15 heavy (non-hydrogen) atoms. The second-order valence-electron chi connectivity index (χ2n) is 5.16. The Bertz CT molecular complexity index is 211. The molecule has 1 atom stereocenters. The van der Waals surface area contributed by atoms with Gasteiger partial charge in [0.25, 0.3) is 0 Å². The van der Waals surface area contributed by atoms with Crippen molar-refractivity contribution < 1.29 is 9.90 Å². The molecule has 1 heterocycles. The van der Waals surface area contributed by atoms with Crippen LogP contribution in [0.3, 0.4) is 0 Å². The van der Waals surface area contributed by atoms with Crippen molar-refractivity contribution in [2.45, 2.75) is 26.7 Å². The van der Waals surface area contributed by atoms with Crippen molar-refractivity contribution in [1.29, 1.82) is 0 Å². The molecule has 4 heteroatoms. The zero-order chi connectivity index (χ0) is 11.3. The van der Waals surface area contributed by atoms with Crippen LogP contribution in [0.2, 0.25) is 0 Å². The highest BCUT2D eigenvalue weighted by atomic mass is 16.3. The normalized spacial score (nSPS) is 21.7. The third-order valence-corrected chi connectivity index (χ3v) is 2.83. The minimum Gasteiger partial charge on any atom is -0.396 e. The van der Waals surface area contributed by atoms with Gasteiger partial charge in [0.15, 0.2) is 0 Å². The molecule has 1 aliphatic heterocycles. The smallest absolute Gasteiger partial charge is 0.220 e. The number of aliphatic hydroxyl groups is 1. The zero-order valence-corrected chi connectivity index (χ0v) is 9.68. The first-order valence-electron chi connectivity index (χ1n) is 5.62. The minimum atomic E-state index is -0.219. The number of carbonyl (C=O) groups is 1. The fourth-order valence-corrected chi connectivity index (χ4v) is 1.62. The predicted molar refractivity (Wildman–Crippen MR) is 59.5 cm³/mol. The third kappa shape index (κ3) is 4.62. The summed E-state index contributed by atoms with van der Waals surface area (Å²) in [5, 5.41) is 15.1. The van der Waals surface area contributed by atoms with E-state index in [9.17, 15) is 4.79 Å². The van der Waals surface area contributed by atoms with E-state index in [1.165, 1.54) is 0 Å².